The minimum absolute atomic E-state index is 0.0329. The Balaban J connectivity index is 1.14. The van der Waals surface area contributed by atoms with E-state index in [2.05, 4.69) is 35.3 Å². The van der Waals surface area contributed by atoms with Crippen molar-refractivity contribution in [3.05, 3.63) is 72.6 Å². The van der Waals surface area contributed by atoms with Gasteiger partial charge in [-0.05, 0) is 36.4 Å². The van der Waals surface area contributed by atoms with Crippen LogP contribution in [0.3, 0.4) is 0 Å². The number of carbonyl (C=O) groups is 1. The summed E-state index contributed by atoms with van der Waals surface area (Å²) in [6.07, 6.45) is 6.86. The molecule has 1 aliphatic heterocycles. The number of anilines is 1. The van der Waals surface area contributed by atoms with E-state index in [1.165, 1.54) is 12.1 Å². The van der Waals surface area contributed by atoms with Gasteiger partial charge in [-0.2, -0.15) is 5.10 Å². The van der Waals surface area contributed by atoms with Crippen molar-refractivity contribution >= 4 is 29.0 Å². The lowest BCUT2D eigenvalue weighted by molar-refractivity contribution is 0.0364. The summed E-state index contributed by atoms with van der Waals surface area (Å²) < 4.78 is 27.8. The van der Waals surface area contributed by atoms with Crippen molar-refractivity contribution in [1.29, 1.82) is 0 Å². The molecule has 0 radical (unpaired) electrons. The van der Waals surface area contributed by atoms with E-state index in [4.69, 9.17) is 9.47 Å². The molecule has 4 heterocycles. The number of pyridine rings is 1. The minimum atomic E-state index is -0.616. The maximum absolute atomic E-state index is 14.6. The number of aromatic nitrogens is 3. The molecule has 5 rings (SSSR count). The van der Waals surface area contributed by atoms with Gasteiger partial charge in [0.15, 0.2) is 11.6 Å². The predicted molar refractivity (Wildman–Crippen MR) is 134 cm³/mol. The lowest BCUT2D eigenvalue weighted by atomic mass is 10.2. The largest absolute Gasteiger partial charge is 0.453 e. The van der Waals surface area contributed by atoms with Gasteiger partial charge < -0.3 is 24.3 Å². The summed E-state index contributed by atoms with van der Waals surface area (Å²) in [6.45, 7) is 5.11. The molecule has 1 aromatic carbocycles. The molecule has 0 atom stereocenters. The summed E-state index contributed by atoms with van der Waals surface area (Å²) in [5.41, 5.74) is 4.19. The highest BCUT2D eigenvalue weighted by Crippen LogP contribution is 2.31. The molecule has 186 valence electrons. The van der Waals surface area contributed by atoms with Crippen molar-refractivity contribution in [2.24, 2.45) is 5.10 Å². The molecule has 2 amide bonds. The molecule has 4 aromatic rings. The van der Waals surface area contributed by atoms with Gasteiger partial charge in [0.1, 0.15) is 11.4 Å². The summed E-state index contributed by atoms with van der Waals surface area (Å²) in [7, 11) is 0. The number of urea groups is 1. The summed E-state index contributed by atoms with van der Waals surface area (Å²) in [5, 5.41) is 7.32. The lowest BCUT2D eigenvalue weighted by Crippen LogP contribution is -2.38. The fourth-order valence-electron chi connectivity index (χ4n) is 3.94. The Hall–Kier alpha value is -4.22. The molecule has 1 saturated heterocycles. The number of nitrogens with zero attached hydrogens (tertiary/aromatic N) is 4. The van der Waals surface area contributed by atoms with Gasteiger partial charge in [-0.1, -0.05) is 0 Å². The SMILES string of the molecule is O=C(N/N=C/c1cccn1CCN1CCOCC1)Nc1ccc(Oc2ccnc3[nH]ccc23)c(F)c1. The van der Waals surface area contributed by atoms with Crippen LogP contribution >= 0.6 is 0 Å². The van der Waals surface area contributed by atoms with Crippen LogP contribution in [-0.2, 0) is 11.3 Å². The van der Waals surface area contributed by atoms with E-state index < -0.39 is 11.8 Å². The van der Waals surface area contributed by atoms with E-state index in [0.717, 1.165) is 50.5 Å². The fraction of sp³-hybridized carbons (Fsp3) is 0.240. The zero-order valence-corrected chi connectivity index (χ0v) is 19.5. The molecule has 0 spiro atoms. The predicted octanol–water partition coefficient (Wildman–Crippen LogP) is 3.78. The number of fused-ring (bicyclic) bond motifs is 1. The zero-order valence-electron chi connectivity index (χ0n) is 19.5. The van der Waals surface area contributed by atoms with Gasteiger partial charge >= 0.3 is 6.03 Å². The summed E-state index contributed by atoms with van der Waals surface area (Å²) in [6, 6.07) is 10.9. The van der Waals surface area contributed by atoms with Crippen molar-refractivity contribution < 1.29 is 18.7 Å². The lowest BCUT2D eigenvalue weighted by Gasteiger charge is -2.26. The number of hydrogen-bond donors (Lipinski definition) is 3. The quantitative estimate of drug-likeness (QED) is 0.257. The van der Waals surface area contributed by atoms with Crippen molar-refractivity contribution in [2.45, 2.75) is 6.54 Å². The molecule has 0 bridgehead atoms. The Bertz CT molecular complexity index is 1360. The van der Waals surface area contributed by atoms with Crippen LogP contribution in [0.5, 0.6) is 11.5 Å². The smallest absolute Gasteiger partial charge is 0.339 e. The first-order valence-electron chi connectivity index (χ1n) is 11.6. The van der Waals surface area contributed by atoms with E-state index in [1.54, 1.807) is 36.8 Å². The molecule has 0 aliphatic carbocycles. The van der Waals surface area contributed by atoms with E-state index in [-0.39, 0.29) is 11.4 Å². The van der Waals surface area contributed by atoms with Crippen LogP contribution in [0.1, 0.15) is 5.69 Å². The number of carbonyl (C=O) groups excluding carboxylic acids is 1. The molecule has 1 aliphatic rings. The second kappa shape index (κ2) is 11.0. The van der Waals surface area contributed by atoms with Gasteiger partial charge in [0.25, 0.3) is 0 Å². The number of hydrazone groups is 1. The van der Waals surface area contributed by atoms with Gasteiger partial charge in [-0.3, -0.25) is 4.90 Å². The Labute approximate surface area is 206 Å². The number of rotatable bonds is 8. The number of hydrogen-bond acceptors (Lipinski definition) is 6. The van der Waals surface area contributed by atoms with Crippen LogP contribution in [-0.4, -0.2) is 64.5 Å². The van der Waals surface area contributed by atoms with Crippen molar-refractivity contribution in [3.63, 3.8) is 0 Å². The number of amides is 2. The highest BCUT2D eigenvalue weighted by Gasteiger charge is 2.12. The van der Waals surface area contributed by atoms with Crippen LogP contribution in [0.25, 0.3) is 11.0 Å². The second-order valence-electron chi connectivity index (χ2n) is 8.20. The van der Waals surface area contributed by atoms with Crippen LogP contribution in [0.4, 0.5) is 14.9 Å². The Morgan fingerprint density at radius 3 is 2.94 bits per heavy atom. The van der Waals surface area contributed by atoms with Crippen LogP contribution in [0.2, 0.25) is 0 Å². The molecule has 11 heteroatoms. The topological polar surface area (TPSA) is 109 Å². The van der Waals surface area contributed by atoms with Crippen molar-refractivity contribution in [1.82, 2.24) is 24.9 Å². The van der Waals surface area contributed by atoms with Gasteiger partial charge in [-0.15, -0.1) is 0 Å². The zero-order chi connectivity index (χ0) is 24.7. The third-order valence-corrected chi connectivity index (χ3v) is 5.82. The first-order chi connectivity index (χ1) is 17.7. The van der Waals surface area contributed by atoms with E-state index >= 15 is 0 Å². The standard InChI is InChI=1S/C25H26FN7O3/c26-21-16-18(3-4-23(21)36-22-6-8-28-24-20(22)5-7-27-24)30-25(34)31-29-17-19-2-1-9-33(19)11-10-32-12-14-35-15-13-32/h1-9,16-17H,10-15H2,(H,27,28)(H2,30,31,34)/b29-17+. The Kier molecular flexibility index (Phi) is 7.20. The number of aromatic amines is 1. The summed E-state index contributed by atoms with van der Waals surface area (Å²) >= 11 is 0. The molecule has 3 N–H and O–H groups in total. The minimum Gasteiger partial charge on any atom is -0.453 e. The van der Waals surface area contributed by atoms with Gasteiger partial charge in [0.2, 0.25) is 0 Å². The fourth-order valence-corrected chi connectivity index (χ4v) is 3.94. The first-order valence-corrected chi connectivity index (χ1v) is 11.6. The molecular formula is C25H26FN7O3. The van der Waals surface area contributed by atoms with Crippen LogP contribution < -0.4 is 15.5 Å². The van der Waals surface area contributed by atoms with Crippen molar-refractivity contribution in [3.8, 4) is 11.5 Å². The second-order valence-corrected chi connectivity index (χ2v) is 8.20. The third kappa shape index (κ3) is 5.70. The molecule has 1 fully saturated rings. The number of halogens is 1. The summed E-state index contributed by atoms with van der Waals surface area (Å²) in [5.74, 6) is -0.108. The monoisotopic (exact) mass is 491 g/mol. The van der Waals surface area contributed by atoms with Crippen molar-refractivity contribution in [2.75, 3.05) is 38.2 Å². The third-order valence-electron chi connectivity index (χ3n) is 5.82. The Morgan fingerprint density at radius 2 is 2.08 bits per heavy atom. The molecular weight excluding hydrogens is 465 g/mol. The first kappa shape index (κ1) is 23.5. The number of nitrogens with one attached hydrogen (secondary N) is 3. The van der Waals surface area contributed by atoms with E-state index in [1.807, 2.05) is 18.3 Å². The maximum atomic E-state index is 14.6. The summed E-state index contributed by atoms with van der Waals surface area (Å²) in [4.78, 5) is 21.8. The molecule has 3 aromatic heterocycles. The average Bonchev–Trinajstić information content (AvgIpc) is 3.55. The van der Waals surface area contributed by atoms with E-state index in [0.29, 0.717) is 11.4 Å². The number of H-pyrrole nitrogens is 1. The van der Waals surface area contributed by atoms with Gasteiger partial charge in [-0.25, -0.2) is 19.6 Å². The van der Waals surface area contributed by atoms with Crippen LogP contribution in [0.15, 0.2) is 66.2 Å². The number of ether oxygens (including phenoxy) is 2. The van der Waals surface area contributed by atoms with Gasteiger partial charge in [0, 0.05) is 56.5 Å². The number of benzene rings is 1. The number of morpholine rings is 1. The molecule has 36 heavy (non-hydrogen) atoms. The molecule has 10 nitrogen and oxygen atoms in total. The van der Waals surface area contributed by atoms with Crippen LogP contribution in [0, 0.1) is 5.82 Å². The average molecular weight is 492 g/mol. The normalized spacial score (nSPS) is 14.4. The Morgan fingerprint density at radius 1 is 1.19 bits per heavy atom. The highest BCUT2D eigenvalue weighted by molar-refractivity contribution is 5.90. The van der Waals surface area contributed by atoms with E-state index in [9.17, 15) is 9.18 Å². The molecule has 0 saturated carbocycles. The van der Waals surface area contributed by atoms with Gasteiger partial charge in [0.05, 0.1) is 30.5 Å². The molecule has 0 unspecified atom stereocenters. The highest BCUT2D eigenvalue weighted by atomic mass is 19.1. The maximum Gasteiger partial charge on any atom is 0.339 e.